The van der Waals surface area contributed by atoms with Gasteiger partial charge in [-0.3, -0.25) is 0 Å². The highest BCUT2D eigenvalue weighted by atomic mass is 32.2. The lowest BCUT2D eigenvalue weighted by atomic mass is 9.96. The summed E-state index contributed by atoms with van der Waals surface area (Å²) in [6.07, 6.45) is -1.56. The lowest BCUT2D eigenvalue weighted by Crippen LogP contribution is -2.62. The van der Waals surface area contributed by atoms with E-state index in [9.17, 15) is 9.90 Å². The van der Waals surface area contributed by atoms with E-state index in [1.165, 1.54) is 0 Å². The summed E-state index contributed by atoms with van der Waals surface area (Å²) >= 11 is 1.59. The Hall–Kier alpha value is -1.08. The Bertz CT molecular complexity index is 511. The highest BCUT2D eigenvalue weighted by Crippen LogP contribution is 2.32. The summed E-state index contributed by atoms with van der Waals surface area (Å²) < 4.78 is 11.6. The molecule has 1 aliphatic heterocycles. The molecule has 1 heterocycles. The van der Waals surface area contributed by atoms with E-state index in [0.29, 0.717) is 5.56 Å². The molecule has 1 N–H and O–H groups in total. The zero-order valence-corrected chi connectivity index (χ0v) is 14.8. The third-order valence-electron chi connectivity index (χ3n) is 3.96. The Morgan fingerprint density at radius 1 is 1.35 bits per heavy atom. The van der Waals surface area contributed by atoms with Crippen LogP contribution in [0.1, 0.15) is 24.2 Å². The molecule has 5 nitrogen and oxygen atoms in total. The average molecular weight is 339 g/mol. The number of carbonyl (C=O) groups is 1. The van der Waals surface area contributed by atoms with Crippen LogP contribution in [0.5, 0.6) is 0 Å². The van der Waals surface area contributed by atoms with Crippen LogP contribution in [0.3, 0.4) is 0 Å². The number of ether oxygens (including phenoxy) is 2. The van der Waals surface area contributed by atoms with Crippen molar-refractivity contribution in [3.8, 4) is 0 Å². The van der Waals surface area contributed by atoms with Gasteiger partial charge in [-0.25, -0.2) is 4.79 Å². The van der Waals surface area contributed by atoms with E-state index in [0.717, 1.165) is 5.75 Å². The summed E-state index contributed by atoms with van der Waals surface area (Å²) in [6.45, 7) is 3.88. The first-order valence-corrected chi connectivity index (χ1v) is 8.88. The van der Waals surface area contributed by atoms with Gasteiger partial charge in [-0.2, -0.15) is 0 Å². The summed E-state index contributed by atoms with van der Waals surface area (Å²) in [7, 11) is 3.76. The molecule has 0 aromatic heterocycles. The van der Waals surface area contributed by atoms with E-state index in [2.05, 4.69) is 0 Å². The van der Waals surface area contributed by atoms with Crippen LogP contribution in [0.4, 0.5) is 0 Å². The topological polar surface area (TPSA) is 59.0 Å². The van der Waals surface area contributed by atoms with Gasteiger partial charge < -0.3 is 19.5 Å². The SMILES string of the molecule is CCS[C@@H]1O[C@H](C)[C@@H](O)[C@H](N(C)C)[C@H]1OC(=O)c1ccccc1. The number of rotatable bonds is 5. The van der Waals surface area contributed by atoms with Crippen molar-refractivity contribution in [3.63, 3.8) is 0 Å². The number of nitrogens with zero attached hydrogens (tertiary/aromatic N) is 1. The zero-order chi connectivity index (χ0) is 17.0. The fraction of sp³-hybridized carbons (Fsp3) is 0.588. The Labute approximate surface area is 142 Å². The van der Waals surface area contributed by atoms with Crippen LogP contribution in [-0.4, -0.2) is 65.6 Å². The van der Waals surface area contributed by atoms with Crippen LogP contribution in [0.15, 0.2) is 30.3 Å². The molecule has 1 aromatic carbocycles. The van der Waals surface area contributed by atoms with E-state index < -0.39 is 18.2 Å². The zero-order valence-electron chi connectivity index (χ0n) is 14.0. The van der Waals surface area contributed by atoms with Gasteiger partial charge in [-0.05, 0) is 38.9 Å². The monoisotopic (exact) mass is 339 g/mol. The van der Waals surface area contributed by atoms with Crippen molar-refractivity contribution in [2.24, 2.45) is 0 Å². The number of aliphatic hydroxyl groups is 1. The van der Waals surface area contributed by atoms with Crippen molar-refractivity contribution < 1.29 is 19.4 Å². The molecule has 0 bridgehead atoms. The maximum absolute atomic E-state index is 12.4. The summed E-state index contributed by atoms with van der Waals surface area (Å²) in [6, 6.07) is 8.58. The van der Waals surface area contributed by atoms with Gasteiger partial charge in [0.05, 0.1) is 23.8 Å². The number of esters is 1. The predicted molar refractivity (Wildman–Crippen MR) is 91.6 cm³/mol. The average Bonchev–Trinajstić information content (AvgIpc) is 2.53. The number of likely N-dealkylation sites (N-methyl/N-ethyl adjacent to an activating group) is 1. The van der Waals surface area contributed by atoms with E-state index in [-0.39, 0.29) is 17.6 Å². The van der Waals surface area contributed by atoms with Gasteiger partial charge in [0.1, 0.15) is 5.44 Å². The highest BCUT2D eigenvalue weighted by Gasteiger charge is 2.47. The molecule has 1 fully saturated rings. The predicted octanol–water partition coefficient (Wildman–Crippen LogP) is 2.00. The first kappa shape index (κ1) is 18.3. The van der Waals surface area contributed by atoms with Crippen LogP contribution in [0.25, 0.3) is 0 Å². The summed E-state index contributed by atoms with van der Waals surface area (Å²) in [5, 5.41) is 10.5. The minimum absolute atomic E-state index is 0.293. The largest absolute Gasteiger partial charge is 0.453 e. The second-order valence-electron chi connectivity index (χ2n) is 5.85. The van der Waals surface area contributed by atoms with E-state index in [4.69, 9.17) is 9.47 Å². The third kappa shape index (κ3) is 4.26. The van der Waals surface area contributed by atoms with E-state index in [1.807, 2.05) is 38.9 Å². The molecule has 128 valence electrons. The summed E-state index contributed by atoms with van der Waals surface area (Å²) in [5.41, 5.74) is 0.205. The van der Waals surface area contributed by atoms with Crippen LogP contribution in [0.2, 0.25) is 0 Å². The lowest BCUT2D eigenvalue weighted by molar-refractivity contribution is -0.169. The maximum Gasteiger partial charge on any atom is 0.338 e. The number of hydrogen-bond donors (Lipinski definition) is 1. The Balaban J connectivity index is 2.23. The Morgan fingerprint density at radius 3 is 2.57 bits per heavy atom. The fourth-order valence-corrected chi connectivity index (χ4v) is 3.78. The van der Waals surface area contributed by atoms with Gasteiger partial charge in [0.2, 0.25) is 0 Å². The smallest absolute Gasteiger partial charge is 0.338 e. The molecule has 5 atom stereocenters. The highest BCUT2D eigenvalue weighted by molar-refractivity contribution is 7.99. The fourth-order valence-electron chi connectivity index (χ4n) is 2.79. The second kappa shape index (κ2) is 8.15. The number of carbonyl (C=O) groups excluding carboxylic acids is 1. The van der Waals surface area contributed by atoms with Gasteiger partial charge in [0, 0.05) is 0 Å². The molecule has 1 saturated heterocycles. The molecule has 0 radical (unpaired) electrons. The molecular weight excluding hydrogens is 314 g/mol. The lowest BCUT2D eigenvalue weighted by Gasteiger charge is -2.45. The quantitative estimate of drug-likeness (QED) is 0.828. The van der Waals surface area contributed by atoms with Crippen molar-refractivity contribution in [1.29, 1.82) is 0 Å². The Morgan fingerprint density at radius 2 is 2.00 bits per heavy atom. The van der Waals surface area contributed by atoms with Crippen molar-refractivity contribution >= 4 is 17.7 Å². The van der Waals surface area contributed by atoms with Crippen molar-refractivity contribution in [2.75, 3.05) is 19.8 Å². The second-order valence-corrected chi connectivity index (χ2v) is 7.22. The molecule has 1 aliphatic rings. The number of thioether (sulfide) groups is 1. The summed E-state index contributed by atoms with van der Waals surface area (Å²) in [5.74, 6) is 0.446. The molecule has 23 heavy (non-hydrogen) atoms. The van der Waals surface area contributed by atoms with Gasteiger partial charge in [0.15, 0.2) is 6.10 Å². The minimum atomic E-state index is -0.715. The van der Waals surface area contributed by atoms with Crippen molar-refractivity contribution in [1.82, 2.24) is 4.90 Å². The minimum Gasteiger partial charge on any atom is -0.453 e. The normalized spacial score (nSPS) is 31.1. The summed E-state index contributed by atoms with van der Waals surface area (Å²) in [4.78, 5) is 14.3. The molecular formula is C17H25NO4S. The van der Waals surface area contributed by atoms with Gasteiger partial charge in [-0.15, -0.1) is 11.8 Å². The van der Waals surface area contributed by atoms with E-state index in [1.54, 1.807) is 36.0 Å². The third-order valence-corrected chi connectivity index (χ3v) is 5.01. The maximum atomic E-state index is 12.4. The molecule has 0 saturated carbocycles. The van der Waals surface area contributed by atoms with E-state index >= 15 is 0 Å². The van der Waals surface area contributed by atoms with Crippen LogP contribution < -0.4 is 0 Å². The Kier molecular flexibility index (Phi) is 6.47. The first-order valence-electron chi connectivity index (χ1n) is 7.83. The molecule has 0 spiro atoms. The van der Waals surface area contributed by atoms with Gasteiger partial charge in [0.25, 0.3) is 0 Å². The number of benzene rings is 1. The number of aliphatic hydroxyl groups excluding tert-OH is 1. The first-order chi connectivity index (χ1) is 11.0. The van der Waals surface area contributed by atoms with Crippen molar-refractivity contribution in [2.45, 2.75) is 43.6 Å². The van der Waals surface area contributed by atoms with Gasteiger partial charge in [-0.1, -0.05) is 25.1 Å². The molecule has 0 unspecified atom stereocenters. The molecule has 1 aromatic rings. The number of hydrogen-bond acceptors (Lipinski definition) is 6. The van der Waals surface area contributed by atoms with Crippen LogP contribution in [-0.2, 0) is 9.47 Å². The molecule has 0 amide bonds. The van der Waals surface area contributed by atoms with Crippen LogP contribution >= 0.6 is 11.8 Å². The standard InChI is InChI=1S/C17H25NO4S/c1-5-23-17-15(13(18(3)4)14(19)11(2)21-17)22-16(20)12-9-7-6-8-10-12/h6-11,13-15,17,19H,5H2,1-4H3/t11-,13+,14-,15-,17+/m1/s1. The van der Waals surface area contributed by atoms with Crippen LogP contribution in [0, 0.1) is 0 Å². The van der Waals surface area contributed by atoms with Gasteiger partial charge >= 0.3 is 5.97 Å². The molecule has 2 rings (SSSR count). The van der Waals surface area contributed by atoms with Crippen molar-refractivity contribution in [3.05, 3.63) is 35.9 Å². The molecule has 0 aliphatic carbocycles. The molecule has 6 heteroatoms.